The van der Waals surface area contributed by atoms with Crippen LogP contribution in [0.2, 0.25) is 0 Å². The first-order chi connectivity index (χ1) is 13.8. The molecule has 0 fully saturated rings. The average molecular weight is 448 g/mol. The number of alkyl halides is 2. The Labute approximate surface area is 170 Å². The second-order valence-corrected chi connectivity index (χ2v) is 7.28. The summed E-state index contributed by atoms with van der Waals surface area (Å²) in [5.74, 6) is -2.41. The summed E-state index contributed by atoms with van der Waals surface area (Å²) in [4.78, 5) is 3.36. The van der Waals surface area contributed by atoms with Gasteiger partial charge in [0.15, 0.2) is 5.82 Å². The van der Waals surface area contributed by atoms with Crippen molar-refractivity contribution in [3.63, 3.8) is 0 Å². The van der Waals surface area contributed by atoms with Gasteiger partial charge in [-0.3, -0.25) is 10.6 Å². The summed E-state index contributed by atoms with van der Waals surface area (Å²) in [6, 6.07) is 4.74. The monoisotopic (exact) mass is 448 g/mol. The summed E-state index contributed by atoms with van der Waals surface area (Å²) in [7, 11) is 0. The molecule has 0 aliphatic rings. The fourth-order valence-electron chi connectivity index (χ4n) is 2.29. The van der Waals surface area contributed by atoms with Crippen LogP contribution in [-0.2, 0) is 6.54 Å². The average Bonchev–Trinajstić information content (AvgIpc) is 3.16. The Bertz CT molecular complexity index is 951. The van der Waals surface area contributed by atoms with E-state index in [9.17, 15) is 27.2 Å². The van der Waals surface area contributed by atoms with E-state index >= 15 is 0 Å². The molecule has 5 nitrogen and oxygen atoms in total. The van der Waals surface area contributed by atoms with Gasteiger partial charge in [-0.25, -0.2) is 26.9 Å². The molecule has 0 saturated carbocycles. The predicted molar refractivity (Wildman–Crippen MR) is 100 cm³/mol. The lowest BCUT2D eigenvalue weighted by molar-refractivity contribution is 0.0430. The number of aromatic nitrogens is 1. The van der Waals surface area contributed by atoms with E-state index in [-0.39, 0.29) is 29.2 Å². The number of nitrogens with one attached hydrogen (secondary N) is 2. The second kappa shape index (κ2) is 9.39. The molecule has 29 heavy (non-hydrogen) atoms. The van der Waals surface area contributed by atoms with Gasteiger partial charge in [-0.1, -0.05) is 6.07 Å². The van der Waals surface area contributed by atoms with Gasteiger partial charge in [0, 0.05) is 40.7 Å². The first kappa shape index (κ1) is 21.3. The molecule has 0 aliphatic heterocycles. The van der Waals surface area contributed by atoms with Crippen molar-refractivity contribution in [2.45, 2.75) is 17.9 Å². The van der Waals surface area contributed by atoms with Crippen LogP contribution >= 0.6 is 23.3 Å². The number of halogens is 5. The summed E-state index contributed by atoms with van der Waals surface area (Å²) in [6.07, 6.45) is -2.76. The number of rotatable bonds is 8. The van der Waals surface area contributed by atoms with Crippen LogP contribution < -0.4 is 10.7 Å². The quantitative estimate of drug-likeness (QED) is 0.229. The molecule has 0 atom stereocenters. The topological polar surface area (TPSA) is 60.4 Å². The van der Waals surface area contributed by atoms with E-state index in [1.54, 1.807) is 5.38 Å². The third kappa shape index (κ3) is 5.56. The number of hydrogen-bond acceptors (Lipinski definition) is 7. The Morgan fingerprint density at radius 1 is 1.10 bits per heavy atom. The molecule has 0 bridgehead atoms. The third-order valence-electron chi connectivity index (χ3n) is 3.62. The molecule has 1 heterocycles. The molecule has 3 aromatic rings. The van der Waals surface area contributed by atoms with E-state index in [4.69, 9.17) is 0 Å². The molecule has 1 aromatic heterocycles. The van der Waals surface area contributed by atoms with Crippen LogP contribution in [0.3, 0.4) is 0 Å². The highest BCUT2D eigenvalue weighted by Crippen LogP contribution is 2.30. The normalized spacial score (nSPS) is 11.3. The summed E-state index contributed by atoms with van der Waals surface area (Å²) in [5.41, 5.74) is 3.45. The summed E-state index contributed by atoms with van der Waals surface area (Å²) in [5, 5.41) is 13.9. The fourth-order valence-corrected chi connectivity index (χ4v) is 3.37. The summed E-state index contributed by atoms with van der Waals surface area (Å²) >= 11 is 1.60. The van der Waals surface area contributed by atoms with Gasteiger partial charge in [0.2, 0.25) is 0 Å². The van der Waals surface area contributed by atoms with Crippen molar-refractivity contribution in [2.24, 2.45) is 0 Å². The molecule has 0 amide bonds. The third-order valence-corrected chi connectivity index (χ3v) is 5.05. The Morgan fingerprint density at radius 2 is 1.83 bits per heavy atom. The highest BCUT2D eigenvalue weighted by Gasteiger charge is 2.17. The lowest BCUT2D eigenvalue weighted by Gasteiger charge is -2.16. The molecule has 0 radical (unpaired) electrons. The van der Waals surface area contributed by atoms with Gasteiger partial charge in [0.1, 0.15) is 17.5 Å². The van der Waals surface area contributed by atoms with E-state index in [0.29, 0.717) is 16.5 Å². The number of thiazole rings is 1. The van der Waals surface area contributed by atoms with Gasteiger partial charge in [0.05, 0.1) is 10.4 Å². The van der Waals surface area contributed by atoms with Crippen LogP contribution in [-0.4, -0.2) is 14.8 Å². The fraction of sp³-hybridized carbons (Fsp3) is 0.118. The smallest absolute Gasteiger partial charge is 0.263 e. The van der Waals surface area contributed by atoms with Crippen LogP contribution in [0.25, 0.3) is 0 Å². The van der Waals surface area contributed by atoms with Crippen molar-refractivity contribution >= 4 is 34.8 Å². The minimum atomic E-state index is -2.76. The zero-order valence-corrected chi connectivity index (χ0v) is 16.0. The van der Waals surface area contributed by atoms with E-state index in [0.717, 1.165) is 30.3 Å². The number of nitrogens with zero attached hydrogens (tertiary/aromatic N) is 2. The van der Waals surface area contributed by atoms with Gasteiger partial charge in [-0.05, 0) is 28.8 Å². The molecule has 3 N–H and O–H groups in total. The molecular weight excluding hydrogens is 435 g/mol. The second-order valence-electron chi connectivity index (χ2n) is 5.62. The van der Waals surface area contributed by atoms with E-state index in [1.807, 2.05) is 0 Å². The highest BCUT2D eigenvalue weighted by atomic mass is 32.2. The van der Waals surface area contributed by atoms with Gasteiger partial charge < -0.3 is 5.32 Å². The maximum absolute atomic E-state index is 14.3. The maximum atomic E-state index is 14.3. The van der Waals surface area contributed by atoms with Crippen LogP contribution in [0.5, 0.6) is 0 Å². The van der Waals surface area contributed by atoms with Crippen molar-refractivity contribution in [1.82, 2.24) is 9.56 Å². The lowest BCUT2D eigenvalue weighted by atomic mass is 10.1. The number of hydrogen-bond donors (Lipinski definition) is 3. The van der Waals surface area contributed by atoms with E-state index < -0.39 is 28.8 Å². The standard InChI is InChI=1S/C17H13F5N4OS2/c18-12-2-1-9(17(21)22)3-10(12)6-23-11-4-13(19)16(14(20)5-11)29-26(27)25-15-7-28-8-24-15/h1-5,7-8,17,23,25,27H,6H2. The van der Waals surface area contributed by atoms with Crippen LogP contribution in [0.1, 0.15) is 17.6 Å². The number of hydrazine groups is 1. The maximum Gasteiger partial charge on any atom is 0.263 e. The van der Waals surface area contributed by atoms with E-state index in [2.05, 4.69) is 15.7 Å². The van der Waals surface area contributed by atoms with Crippen molar-refractivity contribution in [3.8, 4) is 0 Å². The van der Waals surface area contributed by atoms with Crippen LogP contribution in [0.4, 0.5) is 33.5 Å². The van der Waals surface area contributed by atoms with Gasteiger partial charge in [-0.2, -0.15) is 0 Å². The summed E-state index contributed by atoms with van der Waals surface area (Å²) in [6.45, 7) is -0.255. The SMILES string of the molecule is ON(Nc1cscn1)Sc1c(F)cc(NCc2cc(C(F)F)ccc2F)cc1F. The first-order valence-electron chi connectivity index (χ1n) is 7.94. The van der Waals surface area contributed by atoms with Crippen molar-refractivity contribution in [1.29, 1.82) is 0 Å². The highest BCUT2D eigenvalue weighted by molar-refractivity contribution is 7.97. The molecule has 3 rings (SSSR count). The van der Waals surface area contributed by atoms with Crippen LogP contribution in [0, 0.1) is 17.5 Å². The molecule has 0 spiro atoms. The minimum Gasteiger partial charge on any atom is -0.381 e. The van der Waals surface area contributed by atoms with Crippen molar-refractivity contribution in [2.75, 3.05) is 10.7 Å². The Balaban J connectivity index is 1.68. The minimum absolute atomic E-state index is 0.0249. The largest absolute Gasteiger partial charge is 0.381 e. The molecular formula is C17H13F5N4OS2. The Kier molecular flexibility index (Phi) is 6.90. The van der Waals surface area contributed by atoms with Gasteiger partial charge in [-0.15, -0.1) is 11.3 Å². The number of anilines is 2. The van der Waals surface area contributed by atoms with Crippen LogP contribution in [0.15, 0.2) is 46.1 Å². The predicted octanol–water partition coefficient (Wildman–Crippen LogP) is 5.84. The number of benzene rings is 2. The first-order valence-corrected chi connectivity index (χ1v) is 9.66. The molecule has 0 unspecified atom stereocenters. The van der Waals surface area contributed by atoms with E-state index in [1.165, 1.54) is 16.8 Å². The van der Waals surface area contributed by atoms with Gasteiger partial charge >= 0.3 is 0 Å². The lowest BCUT2D eigenvalue weighted by Crippen LogP contribution is -2.19. The molecule has 0 saturated heterocycles. The Hall–Kier alpha value is -2.41. The van der Waals surface area contributed by atoms with Gasteiger partial charge in [0.25, 0.3) is 6.43 Å². The molecule has 12 heteroatoms. The van der Waals surface area contributed by atoms with Crippen molar-refractivity contribution < 1.29 is 27.2 Å². The zero-order valence-electron chi connectivity index (χ0n) is 14.4. The molecule has 0 aliphatic carbocycles. The zero-order chi connectivity index (χ0) is 21.0. The molecule has 154 valence electrons. The summed E-state index contributed by atoms with van der Waals surface area (Å²) < 4.78 is 68.2. The van der Waals surface area contributed by atoms with Crippen molar-refractivity contribution in [3.05, 3.63) is 69.8 Å². The Morgan fingerprint density at radius 3 is 2.45 bits per heavy atom. The molecule has 2 aromatic carbocycles.